The standard InChI is InChI=1S/C52H93NO3/c1-12-13-35-53-50(56)45(38-47(55)37-42(5)24-18-22-40(3)30-32-49-44(7)26-20-34-52(49,10)11)27-15-14-16-28-46(54)36-41(4)23-17-21-39(2)29-31-48-43(6)25-19-33-51(48,8)9/h39-42,45H,12-38H2,1-11H3,(H,53,56). The monoisotopic (exact) mass is 780 g/mol. The van der Waals surface area contributed by atoms with E-state index in [4.69, 9.17) is 0 Å². The number of carbonyl (C=O) groups excluding carboxylic acids is 3. The van der Waals surface area contributed by atoms with Gasteiger partial charge in [-0.2, -0.15) is 0 Å². The highest BCUT2D eigenvalue weighted by molar-refractivity contribution is 5.86. The van der Waals surface area contributed by atoms with Crippen molar-refractivity contribution in [1.29, 1.82) is 0 Å². The van der Waals surface area contributed by atoms with Crippen LogP contribution in [0.15, 0.2) is 22.3 Å². The van der Waals surface area contributed by atoms with Crippen molar-refractivity contribution < 1.29 is 14.4 Å². The molecule has 0 aromatic rings. The lowest BCUT2D eigenvalue weighted by Gasteiger charge is -2.35. The van der Waals surface area contributed by atoms with Crippen LogP contribution < -0.4 is 5.32 Å². The third kappa shape index (κ3) is 19.8. The molecule has 4 nitrogen and oxygen atoms in total. The molecule has 0 aromatic carbocycles. The first-order valence-electron chi connectivity index (χ1n) is 24.1. The molecule has 2 rings (SSSR count). The Labute approximate surface area is 348 Å². The number of Topliss-reactive ketones (excluding diaryl/α,β-unsaturated/α-hetero) is 2. The minimum atomic E-state index is -0.249. The fourth-order valence-corrected chi connectivity index (χ4v) is 10.3. The van der Waals surface area contributed by atoms with Gasteiger partial charge in [0.1, 0.15) is 11.6 Å². The molecule has 4 heteroatoms. The molecule has 0 aliphatic heterocycles. The van der Waals surface area contributed by atoms with Crippen LogP contribution >= 0.6 is 0 Å². The van der Waals surface area contributed by atoms with Gasteiger partial charge in [-0.1, -0.05) is 142 Å². The number of amides is 1. The highest BCUT2D eigenvalue weighted by Gasteiger charge is 2.29. The molecule has 5 atom stereocenters. The van der Waals surface area contributed by atoms with Crippen LogP contribution in [0.25, 0.3) is 0 Å². The summed E-state index contributed by atoms with van der Waals surface area (Å²) in [6, 6.07) is 0. The third-order valence-corrected chi connectivity index (χ3v) is 14.3. The van der Waals surface area contributed by atoms with E-state index in [1.165, 1.54) is 89.9 Å². The van der Waals surface area contributed by atoms with Gasteiger partial charge in [0.05, 0.1) is 0 Å². The number of nitrogens with one attached hydrogen (secondary N) is 1. The van der Waals surface area contributed by atoms with Gasteiger partial charge >= 0.3 is 0 Å². The second-order valence-electron chi connectivity index (χ2n) is 21.0. The number of hydrogen-bond acceptors (Lipinski definition) is 3. The Hall–Kier alpha value is -1.71. The average Bonchev–Trinajstić information content (AvgIpc) is 3.10. The number of hydrogen-bond donors (Lipinski definition) is 1. The van der Waals surface area contributed by atoms with Gasteiger partial charge in [-0.25, -0.2) is 0 Å². The van der Waals surface area contributed by atoms with Crippen molar-refractivity contribution >= 4 is 17.5 Å². The average molecular weight is 780 g/mol. The maximum absolute atomic E-state index is 13.3. The van der Waals surface area contributed by atoms with E-state index in [0.717, 1.165) is 57.3 Å². The van der Waals surface area contributed by atoms with Crippen LogP contribution in [-0.4, -0.2) is 24.0 Å². The number of carbonyl (C=O) groups is 3. The molecular formula is C52H93NO3. The van der Waals surface area contributed by atoms with E-state index in [9.17, 15) is 14.4 Å². The van der Waals surface area contributed by atoms with Crippen LogP contribution in [0.5, 0.6) is 0 Å². The highest BCUT2D eigenvalue weighted by atomic mass is 16.2. The van der Waals surface area contributed by atoms with E-state index in [-0.39, 0.29) is 17.6 Å². The molecular weight excluding hydrogens is 687 g/mol. The molecule has 324 valence electrons. The second-order valence-corrected chi connectivity index (χ2v) is 21.0. The Morgan fingerprint density at radius 2 is 1.05 bits per heavy atom. The second kappa shape index (κ2) is 26.4. The molecule has 2 aliphatic rings. The van der Waals surface area contributed by atoms with Gasteiger partial charge in [-0.05, 0) is 132 Å². The predicted octanol–water partition coefficient (Wildman–Crippen LogP) is 15.3. The van der Waals surface area contributed by atoms with Gasteiger partial charge in [0.15, 0.2) is 0 Å². The smallest absolute Gasteiger partial charge is 0.223 e. The first-order valence-corrected chi connectivity index (χ1v) is 24.1. The predicted molar refractivity (Wildman–Crippen MR) is 242 cm³/mol. The van der Waals surface area contributed by atoms with Crippen molar-refractivity contribution in [3.63, 3.8) is 0 Å². The van der Waals surface area contributed by atoms with Gasteiger partial charge in [-0.15, -0.1) is 0 Å². The van der Waals surface area contributed by atoms with Crippen molar-refractivity contribution in [3.8, 4) is 0 Å². The van der Waals surface area contributed by atoms with Crippen molar-refractivity contribution in [3.05, 3.63) is 22.3 Å². The Balaban J connectivity index is 1.66. The summed E-state index contributed by atoms with van der Waals surface area (Å²) >= 11 is 0. The van der Waals surface area contributed by atoms with E-state index in [1.807, 2.05) is 0 Å². The number of unbranched alkanes of at least 4 members (excludes halogenated alkanes) is 3. The highest BCUT2D eigenvalue weighted by Crippen LogP contribution is 2.44. The molecule has 0 spiro atoms. The molecule has 0 radical (unpaired) electrons. The minimum Gasteiger partial charge on any atom is -0.356 e. The SMILES string of the molecule is CCCCNC(=O)C(CCCCCC(=O)CC(C)CCCC(C)CCC1=C(C)CCCC1(C)C)CC(=O)CC(C)CCCC(C)CCC1=C(C)CCCC1(C)C. The summed E-state index contributed by atoms with van der Waals surface area (Å²) in [4.78, 5) is 39.3. The van der Waals surface area contributed by atoms with Crippen molar-refractivity contribution in [2.75, 3.05) is 6.54 Å². The fraction of sp³-hybridized carbons (Fsp3) is 0.865. The lowest BCUT2D eigenvalue weighted by molar-refractivity contribution is -0.130. The van der Waals surface area contributed by atoms with Crippen molar-refractivity contribution in [1.82, 2.24) is 5.32 Å². The summed E-state index contributed by atoms with van der Waals surface area (Å²) in [5.74, 6) is 2.68. The van der Waals surface area contributed by atoms with Crippen LogP contribution in [0, 0.1) is 40.4 Å². The summed E-state index contributed by atoms with van der Waals surface area (Å²) in [6.07, 6.45) is 27.8. The molecule has 5 unspecified atom stereocenters. The Bertz CT molecular complexity index is 1240. The molecule has 0 aromatic heterocycles. The fourth-order valence-electron chi connectivity index (χ4n) is 10.3. The lowest BCUT2D eigenvalue weighted by Crippen LogP contribution is -2.33. The van der Waals surface area contributed by atoms with E-state index in [2.05, 4.69) is 81.5 Å². The molecule has 56 heavy (non-hydrogen) atoms. The normalized spacial score (nSPS) is 19.7. The van der Waals surface area contributed by atoms with E-state index in [0.29, 0.717) is 66.6 Å². The third-order valence-electron chi connectivity index (χ3n) is 14.3. The largest absolute Gasteiger partial charge is 0.356 e. The van der Waals surface area contributed by atoms with E-state index >= 15 is 0 Å². The molecule has 1 amide bonds. The Morgan fingerprint density at radius 3 is 1.54 bits per heavy atom. The molecule has 0 bridgehead atoms. The minimum absolute atomic E-state index is 0.0454. The van der Waals surface area contributed by atoms with Crippen LogP contribution in [0.4, 0.5) is 0 Å². The summed E-state index contributed by atoms with van der Waals surface area (Å²) in [7, 11) is 0. The zero-order chi connectivity index (χ0) is 41.7. The van der Waals surface area contributed by atoms with Crippen molar-refractivity contribution in [2.45, 2.75) is 243 Å². The molecule has 0 heterocycles. The van der Waals surface area contributed by atoms with Gasteiger partial charge in [0.2, 0.25) is 5.91 Å². The summed E-state index contributed by atoms with van der Waals surface area (Å²) in [5.41, 5.74) is 7.46. The van der Waals surface area contributed by atoms with Crippen LogP contribution in [-0.2, 0) is 14.4 Å². The van der Waals surface area contributed by atoms with Gasteiger partial charge in [0, 0.05) is 38.1 Å². The number of ketones is 2. The molecule has 0 saturated heterocycles. The molecule has 2 aliphatic carbocycles. The number of rotatable bonds is 30. The van der Waals surface area contributed by atoms with E-state index < -0.39 is 0 Å². The maximum Gasteiger partial charge on any atom is 0.223 e. The maximum atomic E-state index is 13.3. The van der Waals surface area contributed by atoms with Gasteiger partial charge in [0.25, 0.3) is 0 Å². The van der Waals surface area contributed by atoms with E-state index in [1.54, 1.807) is 22.3 Å². The lowest BCUT2D eigenvalue weighted by atomic mass is 9.70. The molecule has 0 saturated carbocycles. The molecule has 0 fully saturated rings. The van der Waals surface area contributed by atoms with Gasteiger partial charge < -0.3 is 5.32 Å². The van der Waals surface area contributed by atoms with Crippen molar-refractivity contribution in [2.24, 2.45) is 40.4 Å². The van der Waals surface area contributed by atoms with Crippen LogP contribution in [0.1, 0.15) is 243 Å². The first kappa shape index (κ1) is 50.4. The Morgan fingerprint density at radius 1 is 0.571 bits per heavy atom. The first-order chi connectivity index (χ1) is 26.4. The molecule has 1 N–H and O–H groups in total. The van der Waals surface area contributed by atoms with Crippen LogP contribution in [0.2, 0.25) is 0 Å². The topological polar surface area (TPSA) is 63.2 Å². The zero-order valence-electron chi connectivity index (χ0n) is 39.2. The van der Waals surface area contributed by atoms with Gasteiger partial charge in [-0.3, -0.25) is 14.4 Å². The zero-order valence-corrected chi connectivity index (χ0v) is 39.2. The quantitative estimate of drug-likeness (QED) is 0.0583. The summed E-state index contributed by atoms with van der Waals surface area (Å²) in [5, 5.41) is 3.11. The summed E-state index contributed by atoms with van der Waals surface area (Å²) in [6.45, 7) is 26.5. The number of allylic oxidation sites excluding steroid dienone is 4. The van der Waals surface area contributed by atoms with Crippen LogP contribution in [0.3, 0.4) is 0 Å². The Kier molecular flexibility index (Phi) is 23.8. The summed E-state index contributed by atoms with van der Waals surface area (Å²) < 4.78 is 0.